The molecule has 0 aliphatic heterocycles. The molecule has 1 atom stereocenters. The minimum atomic E-state index is -0.573. The van der Waals surface area contributed by atoms with E-state index < -0.39 is 5.41 Å². The van der Waals surface area contributed by atoms with Crippen molar-refractivity contribution in [2.75, 3.05) is 6.61 Å². The molecule has 0 spiro atoms. The third kappa shape index (κ3) is 2.50. The monoisotopic (exact) mass is 159 g/mol. The summed E-state index contributed by atoms with van der Waals surface area (Å²) in [6.45, 7) is 7.58. The second kappa shape index (κ2) is 3.72. The zero-order valence-corrected chi connectivity index (χ0v) is 7.68. The number of hydrogen-bond donors (Lipinski definition) is 1. The molecule has 11 heavy (non-hydrogen) atoms. The van der Waals surface area contributed by atoms with E-state index in [4.69, 9.17) is 10.5 Å². The normalized spacial score (nSPS) is 14.3. The molecule has 66 valence electrons. The third-order valence-corrected chi connectivity index (χ3v) is 1.94. The van der Waals surface area contributed by atoms with E-state index in [9.17, 15) is 4.79 Å². The zero-order chi connectivity index (χ0) is 9.07. The molecular weight excluding hydrogens is 142 g/mol. The lowest BCUT2D eigenvalue weighted by Gasteiger charge is -2.25. The molecule has 0 amide bonds. The Balaban J connectivity index is 4.18. The van der Waals surface area contributed by atoms with Crippen molar-refractivity contribution in [3.8, 4) is 0 Å². The van der Waals surface area contributed by atoms with Gasteiger partial charge in [0.25, 0.3) is 0 Å². The molecule has 3 nitrogen and oxygen atoms in total. The number of ether oxygens (including phenoxy) is 1. The van der Waals surface area contributed by atoms with Crippen LogP contribution in [0.5, 0.6) is 0 Å². The topological polar surface area (TPSA) is 52.3 Å². The Bertz CT molecular complexity index is 141. The van der Waals surface area contributed by atoms with E-state index in [0.29, 0.717) is 6.61 Å². The molecule has 0 saturated carbocycles. The van der Waals surface area contributed by atoms with Gasteiger partial charge in [-0.05, 0) is 27.7 Å². The van der Waals surface area contributed by atoms with Crippen molar-refractivity contribution in [1.82, 2.24) is 0 Å². The van der Waals surface area contributed by atoms with Crippen LogP contribution in [0.25, 0.3) is 0 Å². The van der Waals surface area contributed by atoms with Crippen LogP contribution in [-0.4, -0.2) is 18.6 Å². The third-order valence-electron chi connectivity index (χ3n) is 1.94. The van der Waals surface area contributed by atoms with Crippen molar-refractivity contribution >= 4 is 5.97 Å². The van der Waals surface area contributed by atoms with Crippen molar-refractivity contribution in [2.45, 2.75) is 33.7 Å². The first-order valence-electron chi connectivity index (χ1n) is 3.85. The van der Waals surface area contributed by atoms with Crippen molar-refractivity contribution < 1.29 is 9.53 Å². The maximum absolute atomic E-state index is 11.2. The lowest BCUT2D eigenvalue weighted by molar-refractivity contribution is -0.154. The highest BCUT2D eigenvalue weighted by Gasteiger charge is 2.32. The van der Waals surface area contributed by atoms with Gasteiger partial charge in [0, 0.05) is 6.04 Å². The SMILES string of the molecule is CCOC(=O)C(C)(C)[C@@H](C)N. The number of carbonyl (C=O) groups is 1. The Labute approximate surface area is 67.9 Å². The molecule has 3 heteroatoms. The highest BCUT2D eigenvalue weighted by Crippen LogP contribution is 2.20. The molecule has 0 heterocycles. The Hall–Kier alpha value is -0.570. The molecular formula is C8H17NO2. The molecule has 0 radical (unpaired) electrons. The van der Waals surface area contributed by atoms with Crippen molar-refractivity contribution in [1.29, 1.82) is 0 Å². The highest BCUT2D eigenvalue weighted by atomic mass is 16.5. The second-order valence-electron chi connectivity index (χ2n) is 3.23. The van der Waals surface area contributed by atoms with Crippen molar-refractivity contribution in [2.24, 2.45) is 11.1 Å². The summed E-state index contributed by atoms with van der Waals surface area (Å²) in [6.07, 6.45) is 0. The summed E-state index contributed by atoms with van der Waals surface area (Å²) >= 11 is 0. The molecule has 0 bridgehead atoms. The molecule has 0 aliphatic carbocycles. The Morgan fingerprint density at radius 1 is 1.64 bits per heavy atom. The van der Waals surface area contributed by atoms with Gasteiger partial charge in [0.2, 0.25) is 0 Å². The smallest absolute Gasteiger partial charge is 0.313 e. The summed E-state index contributed by atoms with van der Waals surface area (Å²) in [5.41, 5.74) is 5.03. The molecule has 0 rings (SSSR count). The first kappa shape index (κ1) is 10.4. The van der Waals surface area contributed by atoms with Crippen LogP contribution in [0.15, 0.2) is 0 Å². The van der Waals surface area contributed by atoms with E-state index in [1.807, 2.05) is 0 Å². The fourth-order valence-corrected chi connectivity index (χ4v) is 0.503. The summed E-state index contributed by atoms with van der Waals surface area (Å²) in [4.78, 5) is 11.2. The molecule has 0 fully saturated rings. The van der Waals surface area contributed by atoms with Crippen LogP contribution in [0.2, 0.25) is 0 Å². The van der Waals surface area contributed by atoms with Gasteiger partial charge in [-0.25, -0.2) is 0 Å². The van der Waals surface area contributed by atoms with Crippen molar-refractivity contribution in [3.63, 3.8) is 0 Å². The van der Waals surface area contributed by atoms with Gasteiger partial charge in [0.1, 0.15) is 0 Å². The van der Waals surface area contributed by atoms with Gasteiger partial charge < -0.3 is 10.5 Å². The number of hydrogen-bond acceptors (Lipinski definition) is 3. The van der Waals surface area contributed by atoms with Crippen LogP contribution < -0.4 is 5.73 Å². The van der Waals surface area contributed by atoms with E-state index in [-0.39, 0.29) is 12.0 Å². The molecule has 0 aromatic carbocycles. The predicted molar refractivity (Wildman–Crippen MR) is 44.1 cm³/mol. The Morgan fingerprint density at radius 2 is 2.09 bits per heavy atom. The van der Waals surface area contributed by atoms with Gasteiger partial charge in [0.05, 0.1) is 12.0 Å². The average Bonchev–Trinajstić information content (AvgIpc) is 1.88. The average molecular weight is 159 g/mol. The first-order valence-corrected chi connectivity index (χ1v) is 3.85. The molecule has 0 aromatic heterocycles. The largest absolute Gasteiger partial charge is 0.466 e. The lowest BCUT2D eigenvalue weighted by Crippen LogP contribution is -2.42. The van der Waals surface area contributed by atoms with Gasteiger partial charge in [-0.15, -0.1) is 0 Å². The van der Waals surface area contributed by atoms with Crippen LogP contribution in [-0.2, 0) is 9.53 Å². The molecule has 0 saturated heterocycles. The quantitative estimate of drug-likeness (QED) is 0.623. The summed E-state index contributed by atoms with van der Waals surface area (Å²) in [6, 6.07) is -0.179. The summed E-state index contributed by atoms with van der Waals surface area (Å²) < 4.78 is 4.85. The van der Waals surface area contributed by atoms with E-state index in [1.165, 1.54) is 0 Å². The Kier molecular flexibility index (Phi) is 3.52. The Morgan fingerprint density at radius 3 is 2.36 bits per heavy atom. The summed E-state index contributed by atoms with van der Waals surface area (Å²) in [7, 11) is 0. The van der Waals surface area contributed by atoms with Crippen LogP contribution in [0.3, 0.4) is 0 Å². The number of rotatable bonds is 3. The summed E-state index contributed by atoms with van der Waals surface area (Å²) in [5.74, 6) is -0.227. The minimum absolute atomic E-state index is 0.179. The fraction of sp³-hybridized carbons (Fsp3) is 0.875. The lowest BCUT2D eigenvalue weighted by atomic mass is 9.86. The van der Waals surface area contributed by atoms with Gasteiger partial charge in [0.15, 0.2) is 0 Å². The minimum Gasteiger partial charge on any atom is -0.466 e. The maximum Gasteiger partial charge on any atom is 0.313 e. The zero-order valence-electron chi connectivity index (χ0n) is 7.68. The van der Waals surface area contributed by atoms with Crippen LogP contribution in [0, 0.1) is 5.41 Å². The standard InChI is InChI=1S/C8H17NO2/c1-5-11-7(10)8(3,4)6(2)9/h6H,5,9H2,1-4H3/t6-/m1/s1. The maximum atomic E-state index is 11.2. The highest BCUT2D eigenvalue weighted by molar-refractivity contribution is 5.76. The molecule has 2 N–H and O–H groups in total. The van der Waals surface area contributed by atoms with Gasteiger partial charge in [-0.2, -0.15) is 0 Å². The number of esters is 1. The van der Waals surface area contributed by atoms with Crippen LogP contribution in [0.1, 0.15) is 27.7 Å². The van der Waals surface area contributed by atoms with Crippen LogP contribution >= 0.6 is 0 Å². The molecule has 0 aromatic rings. The molecule has 0 unspecified atom stereocenters. The number of nitrogens with two attached hydrogens (primary N) is 1. The van der Waals surface area contributed by atoms with Crippen LogP contribution in [0.4, 0.5) is 0 Å². The van der Waals surface area contributed by atoms with E-state index in [1.54, 1.807) is 27.7 Å². The van der Waals surface area contributed by atoms with E-state index >= 15 is 0 Å². The van der Waals surface area contributed by atoms with E-state index in [0.717, 1.165) is 0 Å². The van der Waals surface area contributed by atoms with Gasteiger partial charge >= 0.3 is 5.97 Å². The fourth-order valence-electron chi connectivity index (χ4n) is 0.503. The molecule has 0 aliphatic rings. The van der Waals surface area contributed by atoms with E-state index in [2.05, 4.69) is 0 Å². The number of carbonyl (C=O) groups excluding carboxylic acids is 1. The first-order chi connectivity index (χ1) is 4.92. The summed E-state index contributed by atoms with van der Waals surface area (Å²) in [5, 5.41) is 0. The second-order valence-corrected chi connectivity index (χ2v) is 3.23. The predicted octanol–water partition coefficient (Wildman–Crippen LogP) is 0.923. The van der Waals surface area contributed by atoms with Gasteiger partial charge in [-0.1, -0.05) is 0 Å². The van der Waals surface area contributed by atoms with Gasteiger partial charge in [-0.3, -0.25) is 4.79 Å². The van der Waals surface area contributed by atoms with Crippen molar-refractivity contribution in [3.05, 3.63) is 0 Å².